The Kier molecular flexibility index (Phi) is 4.65. The molecular weight excluding hydrogens is 282 g/mol. The molecule has 21 heavy (non-hydrogen) atoms. The van der Waals surface area contributed by atoms with E-state index in [9.17, 15) is 18.9 Å². The fourth-order valence-corrected chi connectivity index (χ4v) is 2.37. The van der Waals surface area contributed by atoms with Crippen LogP contribution in [0.2, 0.25) is 0 Å². The number of alkyl halides is 2. The molecule has 0 aromatic heterocycles. The van der Waals surface area contributed by atoms with E-state index in [0.29, 0.717) is 38.4 Å². The molecule has 0 radical (unpaired) electrons. The zero-order valence-corrected chi connectivity index (χ0v) is 11.2. The first-order chi connectivity index (χ1) is 10.0. The Bertz CT molecular complexity index is 566. The van der Waals surface area contributed by atoms with Crippen molar-refractivity contribution in [2.24, 2.45) is 0 Å². The predicted molar refractivity (Wildman–Crippen MR) is 72.3 cm³/mol. The van der Waals surface area contributed by atoms with E-state index in [-0.39, 0.29) is 11.3 Å². The molecule has 8 heteroatoms. The fraction of sp³-hybridized carbons (Fsp3) is 0.462. The average Bonchev–Trinajstić information content (AvgIpc) is 2.47. The largest absolute Gasteiger partial charge is 0.369 e. The molecule has 112 valence electrons. The second kappa shape index (κ2) is 6.45. The molecular formula is C13H14F2N4O2. The topological polar surface area (TPSA) is 73.4 Å². The van der Waals surface area contributed by atoms with Crippen molar-refractivity contribution in [1.82, 2.24) is 4.90 Å². The van der Waals surface area contributed by atoms with Crippen LogP contribution in [0.25, 0.3) is 0 Å². The van der Waals surface area contributed by atoms with E-state index in [1.54, 1.807) is 4.90 Å². The van der Waals surface area contributed by atoms with Gasteiger partial charge in [-0.2, -0.15) is 5.26 Å². The molecule has 1 saturated heterocycles. The lowest BCUT2D eigenvalue weighted by molar-refractivity contribution is -0.385. The SMILES string of the molecule is N#CCN1CCN(c2ccc([N+](=O)[O-])cc2C(F)F)CC1. The zero-order valence-electron chi connectivity index (χ0n) is 11.2. The smallest absolute Gasteiger partial charge is 0.270 e. The van der Waals surface area contributed by atoms with Gasteiger partial charge in [-0.1, -0.05) is 0 Å². The molecule has 6 nitrogen and oxygen atoms in total. The van der Waals surface area contributed by atoms with Gasteiger partial charge in [-0.15, -0.1) is 0 Å². The summed E-state index contributed by atoms with van der Waals surface area (Å²) in [6.45, 7) is 2.55. The quantitative estimate of drug-likeness (QED) is 0.483. The van der Waals surface area contributed by atoms with Gasteiger partial charge in [0.15, 0.2) is 0 Å². The number of hydrogen-bond acceptors (Lipinski definition) is 5. The van der Waals surface area contributed by atoms with E-state index in [4.69, 9.17) is 5.26 Å². The summed E-state index contributed by atoms with van der Waals surface area (Å²) >= 11 is 0. The van der Waals surface area contributed by atoms with Crippen LogP contribution < -0.4 is 4.90 Å². The number of nitro benzene ring substituents is 1. The number of rotatable bonds is 4. The van der Waals surface area contributed by atoms with Crippen molar-refractivity contribution in [3.63, 3.8) is 0 Å². The predicted octanol–water partition coefficient (Wildman–Crippen LogP) is 2.18. The van der Waals surface area contributed by atoms with Crippen molar-refractivity contribution >= 4 is 11.4 Å². The molecule has 0 amide bonds. The number of hydrogen-bond donors (Lipinski definition) is 0. The number of piperazine rings is 1. The van der Waals surface area contributed by atoms with Crippen LogP contribution in [0, 0.1) is 21.4 Å². The fourth-order valence-electron chi connectivity index (χ4n) is 2.37. The molecule has 0 aliphatic carbocycles. The van der Waals surface area contributed by atoms with Crippen LogP contribution >= 0.6 is 0 Å². The molecule has 1 fully saturated rings. The van der Waals surface area contributed by atoms with Gasteiger partial charge in [0.05, 0.1) is 17.5 Å². The van der Waals surface area contributed by atoms with E-state index >= 15 is 0 Å². The standard InChI is InChI=1S/C13H14F2N4O2/c14-13(15)11-9-10(19(20)21)1-2-12(11)18-7-5-17(4-3-16)6-8-18/h1-2,9,13H,4-8H2. The summed E-state index contributed by atoms with van der Waals surface area (Å²) in [5.41, 5.74) is -0.331. The summed E-state index contributed by atoms with van der Waals surface area (Å²) in [6, 6.07) is 5.60. The van der Waals surface area contributed by atoms with Crippen LogP contribution in [0.3, 0.4) is 0 Å². The second-order valence-corrected chi connectivity index (χ2v) is 4.72. The van der Waals surface area contributed by atoms with Crippen molar-refractivity contribution in [1.29, 1.82) is 5.26 Å². The molecule has 0 atom stereocenters. The van der Waals surface area contributed by atoms with Gasteiger partial charge in [0.2, 0.25) is 0 Å². The number of nitro groups is 1. The van der Waals surface area contributed by atoms with E-state index < -0.39 is 11.3 Å². The Balaban J connectivity index is 2.20. The van der Waals surface area contributed by atoms with Crippen LogP contribution in [0.4, 0.5) is 20.2 Å². The average molecular weight is 296 g/mol. The van der Waals surface area contributed by atoms with Crippen molar-refractivity contribution in [3.8, 4) is 6.07 Å². The maximum Gasteiger partial charge on any atom is 0.270 e. The van der Waals surface area contributed by atoms with Crippen molar-refractivity contribution in [3.05, 3.63) is 33.9 Å². The summed E-state index contributed by atoms with van der Waals surface area (Å²) in [7, 11) is 0. The second-order valence-electron chi connectivity index (χ2n) is 4.72. The van der Waals surface area contributed by atoms with Crippen LogP contribution in [-0.4, -0.2) is 42.5 Å². The lowest BCUT2D eigenvalue weighted by Gasteiger charge is -2.35. The molecule has 0 bridgehead atoms. The molecule has 0 unspecified atom stereocenters. The van der Waals surface area contributed by atoms with Crippen molar-refractivity contribution < 1.29 is 13.7 Å². The molecule has 0 N–H and O–H groups in total. The van der Waals surface area contributed by atoms with Crippen molar-refractivity contribution in [2.75, 3.05) is 37.6 Å². The lowest BCUT2D eigenvalue weighted by Crippen LogP contribution is -2.46. The highest BCUT2D eigenvalue weighted by molar-refractivity contribution is 5.58. The zero-order chi connectivity index (χ0) is 15.4. The molecule has 1 aliphatic rings. The minimum atomic E-state index is -2.77. The molecule has 1 heterocycles. The molecule has 0 saturated carbocycles. The monoisotopic (exact) mass is 296 g/mol. The molecule has 1 aliphatic heterocycles. The summed E-state index contributed by atoms with van der Waals surface area (Å²) < 4.78 is 26.2. The first-order valence-corrected chi connectivity index (χ1v) is 6.43. The summed E-state index contributed by atoms with van der Waals surface area (Å²) in [6.07, 6.45) is -2.77. The normalized spacial score (nSPS) is 16.0. The number of nitrogens with zero attached hydrogens (tertiary/aromatic N) is 4. The lowest BCUT2D eigenvalue weighted by atomic mass is 10.1. The number of non-ortho nitro benzene ring substituents is 1. The Morgan fingerprint density at radius 3 is 2.52 bits per heavy atom. The van der Waals surface area contributed by atoms with Gasteiger partial charge in [-0.25, -0.2) is 8.78 Å². The van der Waals surface area contributed by atoms with Gasteiger partial charge in [-0.05, 0) is 6.07 Å². The van der Waals surface area contributed by atoms with E-state index in [2.05, 4.69) is 6.07 Å². The highest BCUT2D eigenvalue weighted by atomic mass is 19.3. The van der Waals surface area contributed by atoms with E-state index in [1.165, 1.54) is 12.1 Å². The van der Waals surface area contributed by atoms with Gasteiger partial charge in [0, 0.05) is 49.6 Å². The van der Waals surface area contributed by atoms with Crippen LogP contribution in [0.1, 0.15) is 12.0 Å². The molecule has 2 rings (SSSR count). The summed E-state index contributed by atoms with van der Waals surface area (Å²) in [4.78, 5) is 13.7. The van der Waals surface area contributed by atoms with Crippen LogP contribution in [-0.2, 0) is 0 Å². The Morgan fingerprint density at radius 1 is 1.33 bits per heavy atom. The maximum absolute atomic E-state index is 13.1. The van der Waals surface area contributed by atoms with Gasteiger partial charge in [0.25, 0.3) is 12.1 Å². The molecule has 1 aromatic rings. The van der Waals surface area contributed by atoms with Crippen LogP contribution in [0.5, 0.6) is 0 Å². The first kappa shape index (κ1) is 15.1. The summed E-state index contributed by atoms with van der Waals surface area (Å²) in [5.74, 6) is 0. The summed E-state index contributed by atoms with van der Waals surface area (Å²) in [5, 5.41) is 19.3. The number of nitriles is 1. The third-order valence-corrected chi connectivity index (χ3v) is 3.46. The van der Waals surface area contributed by atoms with E-state index in [0.717, 1.165) is 6.07 Å². The third-order valence-electron chi connectivity index (χ3n) is 3.46. The maximum atomic E-state index is 13.1. The first-order valence-electron chi connectivity index (χ1n) is 6.43. The van der Waals surface area contributed by atoms with Gasteiger partial charge in [0.1, 0.15) is 0 Å². The Morgan fingerprint density at radius 2 is 2.00 bits per heavy atom. The third kappa shape index (κ3) is 3.44. The highest BCUT2D eigenvalue weighted by Crippen LogP contribution is 2.33. The number of anilines is 1. The molecule has 0 spiro atoms. The van der Waals surface area contributed by atoms with Crippen molar-refractivity contribution in [2.45, 2.75) is 6.43 Å². The Hall–Kier alpha value is -2.27. The van der Waals surface area contributed by atoms with E-state index in [1.807, 2.05) is 4.90 Å². The van der Waals surface area contributed by atoms with Gasteiger partial charge >= 0.3 is 0 Å². The number of benzene rings is 1. The van der Waals surface area contributed by atoms with Gasteiger partial charge in [-0.3, -0.25) is 15.0 Å². The molecule has 1 aromatic carbocycles. The Labute approximate surface area is 120 Å². The van der Waals surface area contributed by atoms with Gasteiger partial charge < -0.3 is 4.90 Å². The minimum absolute atomic E-state index is 0.315. The highest BCUT2D eigenvalue weighted by Gasteiger charge is 2.24. The van der Waals surface area contributed by atoms with Crippen LogP contribution in [0.15, 0.2) is 18.2 Å². The minimum Gasteiger partial charge on any atom is -0.369 e. The number of halogens is 2.